The predicted molar refractivity (Wildman–Crippen MR) is 130 cm³/mol. The smallest absolute Gasteiger partial charge is 0.453 e. The molecule has 0 saturated heterocycles. The summed E-state index contributed by atoms with van der Waals surface area (Å²) in [7, 11) is 0. The van der Waals surface area contributed by atoms with E-state index in [1.54, 1.807) is 42.5 Å². The van der Waals surface area contributed by atoms with Crippen molar-refractivity contribution in [3.63, 3.8) is 0 Å². The summed E-state index contributed by atoms with van der Waals surface area (Å²) in [5, 5.41) is -0.135. The van der Waals surface area contributed by atoms with Crippen LogP contribution in [0.4, 0.5) is 13.2 Å². The number of hydrogen-bond acceptors (Lipinski definition) is 6. The number of rotatable bonds is 8. The number of halogens is 3. The van der Waals surface area contributed by atoms with E-state index in [9.17, 15) is 22.8 Å². The van der Waals surface area contributed by atoms with Gasteiger partial charge in [0.05, 0.1) is 5.39 Å². The van der Waals surface area contributed by atoms with E-state index in [2.05, 4.69) is 0 Å². The second kappa shape index (κ2) is 10.8. The number of ether oxygens (including phenoxy) is 3. The molecule has 1 aromatic heterocycles. The standard InChI is InChI=1S/C28H23F3O6/c1-17(2)20-10-6-7-11-22(20)36-26-25(33)21-13-12-19(14-23(21)37-27(26)28(29,30)31)34-16-24(32)35-15-18-8-4-3-5-9-18/h3-14,17H,15-16H2,1-2H3. The molecule has 4 aromatic rings. The van der Waals surface area contributed by atoms with Crippen molar-refractivity contribution in [3.8, 4) is 17.2 Å². The van der Waals surface area contributed by atoms with Crippen LogP contribution in [-0.4, -0.2) is 12.6 Å². The first-order valence-corrected chi connectivity index (χ1v) is 11.4. The molecule has 37 heavy (non-hydrogen) atoms. The minimum absolute atomic E-state index is 0.0271. The van der Waals surface area contributed by atoms with Crippen molar-refractivity contribution < 1.29 is 36.6 Å². The van der Waals surface area contributed by atoms with Crippen LogP contribution in [0.25, 0.3) is 11.0 Å². The summed E-state index contributed by atoms with van der Waals surface area (Å²) in [6, 6.07) is 19.3. The van der Waals surface area contributed by atoms with Crippen LogP contribution in [0.2, 0.25) is 0 Å². The van der Waals surface area contributed by atoms with E-state index in [0.717, 1.165) is 11.6 Å². The second-order valence-corrected chi connectivity index (χ2v) is 8.47. The summed E-state index contributed by atoms with van der Waals surface area (Å²) in [6.07, 6.45) is -5.01. The maximum Gasteiger partial charge on any atom is 0.453 e. The number of carbonyl (C=O) groups excluding carboxylic acids is 1. The molecule has 0 N–H and O–H groups in total. The number of carbonyl (C=O) groups is 1. The zero-order valence-corrected chi connectivity index (χ0v) is 20.0. The van der Waals surface area contributed by atoms with Gasteiger partial charge < -0.3 is 18.6 Å². The zero-order chi connectivity index (χ0) is 26.6. The van der Waals surface area contributed by atoms with Gasteiger partial charge in [0.15, 0.2) is 6.61 Å². The molecule has 0 fully saturated rings. The molecule has 0 radical (unpaired) electrons. The summed E-state index contributed by atoms with van der Waals surface area (Å²) in [6.45, 7) is 3.28. The minimum Gasteiger partial charge on any atom is -0.482 e. The molecule has 0 aliphatic heterocycles. The third-order valence-corrected chi connectivity index (χ3v) is 5.43. The molecule has 0 aliphatic carbocycles. The maximum absolute atomic E-state index is 13.9. The molecular weight excluding hydrogens is 489 g/mol. The van der Waals surface area contributed by atoms with Gasteiger partial charge in [-0.3, -0.25) is 4.79 Å². The number of fused-ring (bicyclic) bond motifs is 1. The Bertz CT molecular complexity index is 1460. The van der Waals surface area contributed by atoms with Crippen LogP contribution < -0.4 is 14.9 Å². The zero-order valence-electron chi connectivity index (χ0n) is 20.0. The van der Waals surface area contributed by atoms with Crippen molar-refractivity contribution in [2.24, 2.45) is 0 Å². The van der Waals surface area contributed by atoms with Crippen LogP contribution in [0.5, 0.6) is 17.2 Å². The second-order valence-electron chi connectivity index (χ2n) is 8.47. The van der Waals surface area contributed by atoms with Crippen LogP contribution in [0.1, 0.15) is 36.7 Å². The first kappa shape index (κ1) is 25.8. The summed E-state index contributed by atoms with van der Waals surface area (Å²) >= 11 is 0. The fourth-order valence-corrected chi connectivity index (χ4v) is 3.61. The van der Waals surface area contributed by atoms with Crippen molar-refractivity contribution in [2.45, 2.75) is 32.5 Å². The monoisotopic (exact) mass is 512 g/mol. The van der Waals surface area contributed by atoms with Crippen molar-refractivity contribution in [1.29, 1.82) is 0 Å². The van der Waals surface area contributed by atoms with Gasteiger partial charge in [-0.15, -0.1) is 0 Å². The Morgan fingerprint density at radius 1 is 0.973 bits per heavy atom. The van der Waals surface area contributed by atoms with E-state index in [-0.39, 0.29) is 35.0 Å². The summed E-state index contributed by atoms with van der Waals surface area (Å²) in [5.74, 6) is -3.09. The number of alkyl halides is 3. The third-order valence-electron chi connectivity index (χ3n) is 5.43. The Morgan fingerprint density at radius 2 is 1.68 bits per heavy atom. The highest BCUT2D eigenvalue weighted by atomic mass is 19.4. The normalized spacial score (nSPS) is 11.5. The molecule has 0 bridgehead atoms. The highest BCUT2D eigenvalue weighted by Crippen LogP contribution is 2.40. The highest BCUT2D eigenvalue weighted by molar-refractivity contribution is 5.80. The molecule has 192 valence electrons. The van der Waals surface area contributed by atoms with E-state index in [4.69, 9.17) is 18.6 Å². The molecule has 0 amide bonds. The molecule has 0 unspecified atom stereocenters. The topological polar surface area (TPSA) is 75.0 Å². The van der Waals surface area contributed by atoms with Crippen LogP contribution in [-0.2, 0) is 22.3 Å². The van der Waals surface area contributed by atoms with Gasteiger partial charge in [0.2, 0.25) is 11.2 Å². The van der Waals surface area contributed by atoms with Gasteiger partial charge in [0.1, 0.15) is 23.7 Å². The van der Waals surface area contributed by atoms with Crippen LogP contribution >= 0.6 is 0 Å². The Labute approximate surface area is 210 Å². The number of benzene rings is 3. The average molecular weight is 512 g/mol. The molecule has 1 heterocycles. The van der Waals surface area contributed by atoms with Crippen molar-refractivity contribution in [3.05, 3.63) is 99.9 Å². The van der Waals surface area contributed by atoms with Gasteiger partial charge in [-0.05, 0) is 35.2 Å². The SMILES string of the molecule is CC(C)c1ccccc1Oc1c(C(F)(F)F)oc2cc(OCC(=O)OCc3ccccc3)ccc2c1=O. The van der Waals surface area contributed by atoms with E-state index < -0.39 is 35.7 Å². The van der Waals surface area contributed by atoms with E-state index in [0.29, 0.717) is 5.56 Å². The van der Waals surface area contributed by atoms with Crippen molar-refractivity contribution in [2.75, 3.05) is 6.61 Å². The molecule has 0 atom stereocenters. The first-order valence-electron chi connectivity index (χ1n) is 11.4. The van der Waals surface area contributed by atoms with Gasteiger partial charge in [0, 0.05) is 6.07 Å². The van der Waals surface area contributed by atoms with Crippen molar-refractivity contribution >= 4 is 16.9 Å². The summed E-state index contributed by atoms with van der Waals surface area (Å²) in [4.78, 5) is 25.1. The molecule has 9 heteroatoms. The molecule has 0 spiro atoms. The van der Waals surface area contributed by atoms with Gasteiger partial charge in [-0.2, -0.15) is 13.2 Å². The van der Waals surface area contributed by atoms with Crippen molar-refractivity contribution in [1.82, 2.24) is 0 Å². The lowest BCUT2D eigenvalue weighted by Gasteiger charge is -2.16. The van der Waals surface area contributed by atoms with Crippen LogP contribution in [0, 0.1) is 0 Å². The van der Waals surface area contributed by atoms with E-state index in [1.165, 1.54) is 18.2 Å². The van der Waals surface area contributed by atoms with Gasteiger partial charge in [-0.25, -0.2) is 4.79 Å². The lowest BCUT2D eigenvalue weighted by Crippen LogP contribution is -2.16. The number of esters is 1. The average Bonchev–Trinajstić information content (AvgIpc) is 2.87. The predicted octanol–water partition coefficient (Wildman–Crippen LogP) is 6.85. The van der Waals surface area contributed by atoms with Crippen LogP contribution in [0.3, 0.4) is 0 Å². The highest BCUT2D eigenvalue weighted by Gasteiger charge is 2.40. The lowest BCUT2D eigenvalue weighted by molar-refractivity contribution is -0.154. The summed E-state index contributed by atoms with van der Waals surface area (Å²) in [5.41, 5.74) is 0.0769. The molecule has 4 rings (SSSR count). The minimum atomic E-state index is -5.01. The molecule has 6 nitrogen and oxygen atoms in total. The van der Waals surface area contributed by atoms with E-state index >= 15 is 0 Å². The van der Waals surface area contributed by atoms with Gasteiger partial charge >= 0.3 is 12.1 Å². The maximum atomic E-state index is 13.9. The Kier molecular flexibility index (Phi) is 7.52. The molecular formula is C28H23F3O6. The van der Waals surface area contributed by atoms with Gasteiger partial charge in [-0.1, -0.05) is 62.4 Å². The fraction of sp³-hybridized carbons (Fsp3) is 0.214. The molecule has 0 aliphatic rings. The summed E-state index contributed by atoms with van der Waals surface area (Å²) < 4.78 is 62.8. The quantitative estimate of drug-likeness (QED) is 0.240. The fourth-order valence-electron chi connectivity index (χ4n) is 3.61. The Hall–Kier alpha value is -4.27. The number of hydrogen-bond donors (Lipinski definition) is 0. The Balaban J connectivity index is 1.59. The number of para-hydroxylation sites is 1. The first-order chi connectivity index (χ1) is 17.6. The molecule has 0 saturated carbocycles. The van der Waals surface area contributed by atoms with Gasteiger partial charge in [0.25, 0.3) is 5.76 Å². The Morgan fingerprint density at radius 3 is 2.38 bits per heavy atom. The molecule has 3 aromatic carbocycles. The van der Waals surface area contributed by atoms with Crippen LogP contribution in [0.15, 0.2) is 82.0 Å². The lowest BCUT2D eigenvalue weighted by atomic mass is 10.0. The third kappa shape index (κ3) is 6.11. The van der Waals surface area contributed by atoms with E-state index in [1.807, 2.05) is 19.9 Å². The largest absolute Gasteiger partial charge is 0.482 e.